The molecule has 1 heterocycles. The van der Waals surface area contributed by atoms with E-state index in [-0.39, 0.29) is 17.5 Å². The van der Waals surface area contributed by atoms with Crippen LogP contribution in [-0.2, 0) is 14.3 Å². The van der Waals surface area contributed by atoms with Gasteiger partial charge in [0.25, 0.3) is 0 Å². The second-order valence-corrected chi connectivity index (χ2v) is 5.33. The first-order valence-electron chi connectivity index (χ1n) is 5.77. The van der Waals surface area contributed by atoms with Crippen LogP contribution in [0.15, 0.2) is 0 Å². The highest BCUT2D eigenvalue weighted by Crippen LogP contribution is 2.62. The SMILES string of the molecule is COC(=O)C1(C(C)C)OC12CCC(C)C2. The van der Waals surface area contributed by atoms with Crippen molar-refractivity contribution in [1.29, 1.82) is 0 Å². The van der Waals surface area contributed by atoms with E-state index in [1.54, 1.807) is 0 Å². The molecule has 0 aromatic carbocycles. The fourth-order valence-electron chi connectivity index (χ4n) is 3.22. The van der Waals surface area contributed by atoms with E-state index in [1.807, 2.05) is 13.8 Å². The summed E-state index contributed by atoms with van der Waals surface area (Å²) in [6.45, 7) is 6.29. The maximum absolute atomic E-state index is 11.9. The fraction of sp³-hybridized carbons (Fsp3) is 0.917. The molecule has 1 saturated heterocycles. The van der Waals surface area contributed by atoms with E-state index in [2.05, 4.69) is 6.92 Å². The van der Waals surface area contributed by atoms with Gasteiger partial charge in [-0.15, -0.1) is 0 Å². The van der Waals surface area contributed by atoms with Crippen LogP contribution >= 0.6 is 0 Å². The lowest BCUT2D eigenvalue weighted by atomic mass is 9.82. The number of epoxide rings is 1. The van der Waals surface area contributed by atoms with E-state index in [0.29, 0.717) is 5.92 Å². The normalized spacial score (nSPS) is 43.7. The largest absolute Gasteiger partial charge is 0.467 e. The highest BCUT2D eigenvalue weighted by molar-refractivity contribution is 5.85. The summed E-state index contributed by atoms with van der Waals surface area (Å²) in [4.78, 5) is 11.9. The van der Waals surface area contributed by atoms with Crippen molar-refractivity contribution in [1.82, 2.24) is 0 Å². The van der Waals surface area contributed by atoms with Gasteiger partial charge in [0, 0.05) is 0 Å². The molecule has 2 aliphatic rings. The number of hydrogen-bond acceptors (Lipinski definition) is 3. The molecule has 2 rings (SSSR count). The molecule has 0 amide bonds. The van der Waals surface area contributed by atoms with E-state index in [0.717, 1.165) is 19.3 Å². The third kappa shape index (κ3) is 1.25. The molecule has 1 aliphatic heterocycles. The Morgan fingerprint density at radius 2 is 2.20 bits per heavy atom. The third-order valence-corrected chi connectivity index (χ3v) is 4.01. The number of carbonyl (C=O) groups excluding carboxylic acids is 1. The van der Waals surface area contributed by atoms with Gasteiger partial charge in [-0.2, -0.15) is 0 Å². The van der Waals surface area contributed by atoms with E-state index in [4.69, 9.17) is 9.47 Å². The summed E-state index contributed by atoms with van der Waals surface area (Å²) in [5.74, 6) is 0.664. The molecule has 3 atom stereocenters. The summed E-state index contributed by atoms with van der Waals surface area (Å²) in [7, 11) is 1.44. The maximum Gasteiger partial charge on any atom is 0.341 e. The topological polar surface area (TPSA) is 38.8 Å². The molecule has 3 unspecified atom stereocenters. The predicted octanol–water partition coefficient (Wildman–Crippen LogP) is 2.14. The Morgan fingerprint density at radius 1 is 1.53 bits per heavy atom. The van der Waals surface area contributed by atoms with Crippen LogP contribution in [0.25, 0.3) is 0 Å². The fourth-order valence-corrected chi connectivity index (χ4v) is 3.22. The molecule has 0 aromatic heterocycles. The first-order valence-corrected chi connectivity index (χ1v) is 5.77. The second kappa shape index (κ2) is 3.21. The number of ether oxygens (including phenoxy) is 2. The molecule has 0 N–H and O–H groups in total. The van der Waals surface area contributed by atoms with Gasteiger partial charge in [0.15, 0.2) is 5.60 Å². The Morgan fingerprint density at radius 3 is 2.60 bits per heavy atom. The van der Waals surface area contributed by atoms with Gasteiger partial charge in [-0.1, -0.05) is 20.8 Å². The smallest absolute Gasteiger partial charge is 0.341 e. The zero-order valence-electron chi connectivity index (χ0n) is 10.0. The van der Waals surface area contributed by atoms with Gasteiger partial charge in [-0.25, -0.2) is 4.79 Å². The second-order valence-electron chi connectivity index (χ2n) is 5.33. The summed E-state index contributed by atoms with van der Waals surface area (Å²) in [5.41, 5.74) is -0.847. The van der Waals surface area contributed by atoms with Gasteiger partial charge in [0.1, 0.15) is 5.60 Å². The summed E-state index contributed by atoms with van der Waals surface area (Å²) in [5, 5.41) is 0. The molecular formula is C12H20O3. The van der Waals surface area contributed by atoms with Crippen molar-refractivity contribution in [2.75, 3.05) is 7.11 Å². The van der Waals surface area contributed by atoms with Gasteiger partial charge in [0.2, 0.25) is 0 Å². The average Bonchev–Trinajstić information content (AvgIpc) is 2.69. The molecule has 1 spiro atoms. The Balaban J connectivity index is 2.23. The van der Waals surface area contributed by atoms with Crippen molar-refractivity contribution in [2.24, 2.45) is 11.8 Å². The summed E-state index contributed by atoms with van der Waals surface area (Å²) < 4.78 is 10.8. The molecule has 1 aliphatic carbocycles. The van der Waals surface area contributed by atoms with Crippen LogP contribution in [0.2, 0.25) is 0 Å². The van der Waals surface area contributed by atoms with Crippen LogP contribution in [0.1, 0.15) is 40.0 Å². The number of rotatable bonds is 2. The molecule has 15 heavy (non-hydrogen) atoms. The maximum atomic E-state index is 11.9. The standard InChI is InChI=1S/C12H20O3/c1-8(2)12(10(13)14-4)11(15-12)6-5-9(3)7-11/h8-9H,5-7H2,1-4H3. The number of methoxy groups -OCH3 is 1. The molecule has 3 heteroatoms. The monoisotopic (exact) mass is 212 g/mol. The van der Waals surface area contributed by atoms with Crippen molar-refractivity contribution in [2.45, 2.75) is 51.2 Å². The van der Waals surface area contributed by atoms with E-state index in [9.17, 15) is 4.79 Å². The van der Waals surface area contributed by atoms with E-state index in [1.165, 1.54) is 7.11 Å². The highest BCUT2D eigenvalue weighted by atomic mass is 16.7. The molecule has 0 aromatic rings. The van der Waals surface area contributed by atoms with Crippen LogP contribution in [0.4, 0.5) is 0 Å². The molecule has 86 valence electrons. The van der Waals surface area contributed by atoms with Crippen LogP contribution in [0, 0.1) is 11.8 Å². The van der Waals surface area contributed by atoms with Gasteiger partial charge in [0.05, 0.1) is 7.11 Å². The molecule has 0 bridgehead atoms. The van der Waals surface area contributed by atoms with Crippen LogP contribution in [0.5, 0.6) is 0 Å². The molecule has 2 fully saturated rings. The summed E-state index contributed by atoms with van der Waals surface area (Å²) >= 11 is 0. The lowest BCUT2D eigenvalue weighted by Crippen LogP contribution is -2.39. The van der Waals surface area contributed by atoms with Crippen LogP contribution < -0.4 is 0 Å². The zero-order chi connectivity index (χ0) is 11.3. The number of hydrogen-bond donors (Lipinski definition) is 0. The Kier molecular flexibility index (Phi) is 2.34. The number of esters is 1. The Hall–Kier alpha value is -0.570. The molecule has 0 radical (unpaired) electrons. The third-order valence-electron chi connectivity index (χ3n) is 4.01. The minimum absolute atomic E-state index is 0.188. The summed E-state index contributed by atoms with van der Waals surface area (Å²) in [6, 6.07) is 0. The first kappa shape index (κ1) is 10.9. The predicted molar refractivity (Wildman–Crippen MR) is 56.4 cm³/mol. The summed E-state index contributed by atoms with van der Waals surface area (Å²) in [6.07, 6.45) is 3.16. The van der Waals surface area contributed by atoms with Gasteiger partial charge < -0.3 is 9.47 Å². The van der Waals surface area contributed by atoms with Crippen LogP contribution in [0.3, 0.4) is 0 Å². The van der Waals surface area contributed by atoms with E-state index >= 15 is 0 Å². The Labute approximate surface area is 91.1 Å². The van der Waals surface area contributed by atoms with Crippen molar-refractivity contribution in [3.05, 3.63) is 0 Å². The highest BCUT2D eigenvalue weighted by Gasteiger charge is 2.77. The van der Waals surface area contributed by atoms with Gasteiger partial charge in [-0.05, 0) is 31.1 Å². The van der Waals surface area contributed by atoms with Gasteiger partial charge >= 0.3 is 5.97 Å². The molecular weight excluding hydrogens is 192 g/mol. The zero-order valence-corrected chi connectivity index (χ0v) is 10.0. The Bertz CT molecular complexity index is 287. The van der Waals surface area contributed by atoms with Crippen molar-refractivity contribution in [3.8, 4) is 0 Å². The quantitative estimate of drug-likeness (QED) is 0.520. The first-order chi connectivity index (χ1) is 6.98. The van der Waals surface area contributed by atoms with Crippen molar-refractivity contribution < 1.29 is 14.3 Å². The molecule has 3 nitrogen and oxygen atoms in total. The number of carbonyl (C=O) groups is 1. The van der Waals surface area contributed by atoms with Crippen molar-refractivity contribution in [3.63, 3.8) is 0 Å². The van der Waals surface area contributed by atoms with Gasteiger partial charge in [-0.3, -0.25) is 0 Å². The minimum Gasteiger partial charge on any atom is -0.467 e. The average molecular weight is 212 g/mol. The van der Waals surface area contributed by atoms with E-state index < -0.39 is 5.60 Å². The van der Waals surface area contributed by atoms with Crippen molar-refractivity contribution >= 4 is 5.97 Å². The lowest BCUT2D eigenvalue weighted by molar-refractivity contribution is -0.148. The minimum atomic E-state index is -0.646. The lowest BCUT2D eigenvalue weighted by Gasteiger charge is -2.17. The van der Waals surface area contributed by atoms with Crippen LogP contribution in [-0.4, -0.2) is 24.3 Å². The molecule has 1 saturated carbocycles.